The molecule has 0 spiro atoms. The minimum Gasteiger partial charge on any atom is -0.460 e. The van der Waals surface area contributed by atoms with E-state index in [1.165, 1.54) is 10.9 Å². The molecule has 0 bridgehead atoms. The summed E-state index contributed by atoms with van der Waals surface area (Å²) < 4.78 is 29.6. The van der Waals surface area contributed by atoms with Gasteiger partial charge in [-0.25, -0.2) is 4.68 Å². The van der Waals surface area contributed by atoms with Crippen LogP contribution in [0.1, 0.15) is 45.8 Å². The molecule has 2 aliphatic rings. The normalized spacial score (nSPS) is 25.1. The molecule has 16 nitrogen and oxygen atoms in total. The molecule has 1 aliphatic heterocycles. The summed E-state index contributed by atoms with van der Waals surface area (Å²) in [5.74, 6) is 0.439. The molecule has 2 aromatic heterocycles. The molecule has 1 saturated heterocycles. The van der Waals surface area contributed by atoms with Crippen molar-refractivity contribution < 1.29 is 54.1 Å². The zero-order chi connectivity index (χ0) is 28.6. The number of rotatable bonds is 12. The van der Waals surface area contributed by atoms with E-state index < -0.39 is 62.9 Å². The van der Waals surface area contributed by atoms with Gasteiger partial charge in [0.15, 0.2) is 11.9 Å². The van der Waals surface area contributed by atoms with Crippen LogP contribution >= 0.6 is 7.60 Å². The first kappa shape index (κ1) is 30.0. The molecule has 1 saturated carbocycles. The van der Waals surface area contributed by atoms with Gasteiger partial charge in [-0.1, -0.05) is 12.8 Å². The smallest absolute Gasteiger partial charge is 0.361 e. The molecule has 0 unspecified atom stereocenters. The Morgan fingerprint density at radius 2 is 1.82 bits per heavy atom. The summed E-state index contributed by atoms with van der Waals surface area (Å²) in [6.07, 6.45) is -0.215. The summed E-state index contributed by atoms with van der Waals surface area (Å²) in [5.41, 5.74) is -0.963. The fourth-order valence-corrected chi connectivity index (χ4v) is 5.10. The largest absolute Gasteiger partial charge is 0.460 e. The average Bonchev–Trinajstić information content (AvgIpc) is 3.59. The molecule has 17 heteroatoms. The first-order valence-corrected chi connectivity index (χ1v) is 14.2. The third kappa shape index (κ3) is 6.35. The van der Waals surface area contributed by atoms with Crippen LogP contribution in [0.25, 0.3) is 11.0 Å². The molecule has 4 atom stereocenters. The van der Waals surface area contributed by atoms with Gasteiger partial charge in [0.05, 0.1) is 37.0 Å². The average molecular weight is 578 g/mol. The standard InChI is InChI=1S/C22H36N5O11P/c1-21(2,32)11-36-20-25-17(24-12-5-3-4-6-12)13-7-23-27(18(13)26-20)19-16(31)15(30)14(38-19)8-37-22(9-28,10-29)39(33,34)35/h7,12,14-16,19,28-32H,3-6,8-11H2,1-2H3,(H,24,25,26)(H2,33,34,35)/t14-,15-,16-,19-/m1/s1. The zero-order valence-electron chi connectivity index (χ0n) is 21.6. The van der Waals surface area contributed by atoms with Crippen LogP contribution in [-0.2, 0) is 14.0 Å². The molecule has 0 amide bonds. The molecular formula is C22H36N5O11P. The van der Waals surface area contributed by atoms with Crippen molar-refractivity contribution in [3.63, 3.8) is 0 Å². The van der Waals surface area contributed by atoms with E-state index in [1.807, 2.05) is 0 Å². The molecule has 2 fully saturated rings. The topological polar surface area (TPSA) is 242 Å². The number of aliphatic hydroxyl groups excluding tert-OH is 4. The highest BCUT2D eigenvalue weighted by molar-refractivity contribution is 7.53. The van der Waals surface area contributed by atoms with E-state index in [0.29, 0.717) is 11.2 Å². The van der Waals surface area contributed by atoms with Gasteiger partial charge in [0, 0.05) is 6.04 Å². The number of aromatic nitrogens is 4. The number of hydrogen-bond donors (Lipinski definition) is 8. The maximum absolute atomic E-state index is 11.8. The molecule has 0 radical (unpaired) electrons. The monoisotopic (exact) mass is 577 g/mol. The van der Waals surface area contributed by atoms with Crippen molar-refractivity contribution in [2.75, 3.05) is 31.7 Å². The maximum Gasteiger partial charge on any atom is 0.361 e. The Kier molecular flexibility index (Phi) is 8.83. The quantitative estimate of drug-likeness (QED) is 0.139. The molecular weight excluding hydrogens is 541 g/mol. The van der Waals surface area contributed by atoms with Crippen LogP contribution in [0.3, 0.4) is 0 Å². The van der Waals surface area contributed by atoms with Gasteiger partial charge >= 0.3 is 13.6 Å². The predicted octanol–water partition coefficient (Wildman–Crippen LogP) is -1.18. The van der Waals surface area contributed by atoms with Gasteiger partial charge in [0.1, 0.15) is 30.7 Å². The van der Waals surface area contributed by atoms with Gasteiger partial charge in [0.25, 0.3) is 0 Å². The van der Waals surface area contributed by atoms with Crippen molar-refractivity contribution >= 4 is 24.4 Å². The number of anilines is 1. The van der Waals surface area contributed by atoms with Gasteiger partial charge in [0.2, 0.25) is 5.34 Å². The highest BCUT2D eigenvalue weighted by atomic mass is 31.2. The minimum atomic E-state index is -5.13. The molecule has 4 rings (SSSR count). The van der Waals surface area contributed by atoms with Crippen molar-refractivity contribution in [2.45, 2.75) is 81.1 Å². The van der Waals surface area contributed by atoms with E-state index in [9.17, 15) is 39.9 Å². The second-order valence-corrected chi connectivity index (χ2v) is 12.5. The Morgan fingerprint density at radius 1 is 1.15 bits per heavy atom. The van der Waals surface area contributed by atoms with Gasteiger partial charge in [-0.05, 0) is 26.7 Å². The van der Waals surface area contributed by atoms with Crippen molar-refractivity contribution in [3.05, 3.63) is 6.20 Å². The Morgan fingerprint density at radius 3 is 2.41 bits per heavy atom. The van der Waals surface area contributed by atoms with Crippen LogP contribution in [0.5, 0.6) is 6.01 Å². The Bertz CT molecular complexity index is 1180. The van der Waals surface area contributed by atoms with Crippen LogP contribution in [0, 0.1) is 0 Å². The second kappa shape index (κ2) is 11.5. The first-order valence-electron chi connectivity index (χ1n) is 12.6. The third-order valence-electron chi connectivity index (χ3n) is 6.80. The minimum absolute atomic E-state index is 0.0582. The lowest BCUT2D eigenvalue weighted by molar-refractivity contribution is -0.121. The fraction of sp³-hybridized carbons (Fsp3) is 0.773. The number of ether oxygens (including phenoxy) is 3. The third-order valence-corrected chi connectivity index (χ3v) is 8.28. The van der Waals surface area contributed by atoms with E-state index >= 15 is 0 Å². The summed E-state index contributed by atoms with van der Waals surface area (Å²) in [5, 5.41) is 56.0. The highest BCUT2D eigenvalue weighted by Gasteiger charge is 2.51. The lowest BCUT2D eigenvalue weighted by Crippen LogP contribution is -2.44. The van der Waals surface area contributed by atoms with E-state index in [1.54, 1.807) is 13.8 Å². The number of aliphatic hydroxyl groups is 5. The summed E-state index contributed by atoms with van der Waals surface area (Å²) >= 11 is 0. The predicted molar refractivity (Wildman–Crippen MR) is 134 cm³/mol. The van der Waals surface area contributed by atoms with Crippen molar-refractivity contribution in [1.29, 1.82) is 0 Å². The van der Waals surface area contributed by atoms with Crippen LogP contribution in [0.15, 0.2) is 6.20 Å². The SMILES string of the molecule is CC(C)(O)COc1nc(NC2CCCC2)c2cnn([C@@H]3O[C@H](COC(CO)(CO)P(=O)(O)O)[C@@H](O)[C@H]3O)c2n1. The van der Waals surface area contributed by atoms with Gasteiger partial charge in [-0.2, -0.15) is 15.1 Å². The maximum atomic E-state index is 11.8. The molecule has 3 heterocycles. The number of fused-ring (bicyclic) bond motifs is 1. The molecule has 1 aliphatic carbocycles. The fourth-order valence-electron chi connectivity index (χ4n) is 4.49. The van der Waals surface area contributed by atoms with Crippen molar-refractivity contribution in [2.24, 2.45) is 0 Å². The van der Waals surface area contributed by atoms with Crippen molar-refractivity contribution in [1.82, 2.24) is 19.7 Å². The highest BCUT2D eigenvalue weighted by Crippen LogP contribution is 2.51. The van der Waals surface area contributed by atoms with Gasteiger partial charge < -0.3 is 54.8 Å². The zero-order valence-corrected chi connectivity index (χ0v) is 22.5. The van der Waals surface area contributed by atoms with E-state index in [4.69, 9.17) is 14.2 Å². The Hall–Kier alpha value is -1.98. The molecule has 8 N–H and O–H groups in total. The molecule has 39 heavy (non-hydrogen) atoms. The summed E-state index contributed by atoms with van der Waals surface area (Å²) in [7, 11) is -5.13. The van der Waals surface area contributed by atoms with E-state index in [2.05, 4.69) is 20.4 Å². The van der Waals surface area contributed by atoms with Gasteiger partial charge in [-0.15, -0.1) is 0 Å². The molecule has 2 aromatic rings. The number of nitrogens with one attached hydrogen (secondary N) is 1. The molecule has 0 aromatic carbocycles. The number of hydrogen-bond acceptors (Lipinski definition) is 13. The lowest BCUT2D eigenvalue weighted by Gasteiger charge is -2.31. The summed E-state index contributed by atoms with van der Waals surface area (Å²) in [4.78, 5) is 27.9. The van der Waals surface area contributed by atoms with Crippen molar-refractivity contribution in [3.8, 4) is 6.01 Å². The van der Waals surface area contributed by atoms with Crippen LogP contribution < -0.4 is 10.1 Å². The van der Waals surface area contributed by atoms with Crippen LogP contribution in [0.2, 0.25) is 0 Å². The van der Waals surface area contributed by atoms with E-state index in [-0.39, 0.29) is 24.3 Å². The lowest BCUT2D eigenvalue weighted by atomic mass is 10.1. The second-order valence-electron chi connectivity index (χ2n) is 10.6. The Balaban J connectivity index is 1.62. The Labute approximate surface area is 223 Å². The first-order chi connectivity index (χ1) is 18.3. The van der Waals surface area contributed by atoms with E-state index in [0.717, 1.165) is 25.7 Å². The molecule has 220 valence electrons. The summed E-state index contributed by atoms with van der Waals surface area (Å²) in [6.45, 7) is -0.0547. The van der Waals surface area contributed by atoms with Crippen LogP contribution in [-0.4, -0.2) is 117 Å². The van der Waals surface area contributed by atoms with Gasteiger partial charge in [-0.3, -0.25) is 4.57 Å². The number of nitrogens with zero attached hydrogens (tertiary/aromatic N) is 4. The van der Waals surface area contributed by atoms with Crippen LogP contribution in [0.4, 0.5) is 5.82 Å². The summed E-state index contributed by atoms with van der Waals surface area (Å²) in [6, 6.07) is 0.120.